The van der Waals surface area contributed by atoms with Gasteiger partial charge in [0.2, 0.25) is 0 Å². The number of hydrogen-bond acceptors (Lipinski definition) is 5. The van der Waals surface area contributed by atoms with Crippen molar-refractivity contribution in [1.29, 1.82) is 0 Å². The molecule has 0 unspecified atom stereocenters. The largest absolute Gasteiger partial charge is 0.400 e. The molecule has 1 fully saturated rings. The van der Waals surface area contributed by atoms with E-state index in [1.807, 2.05) is 23.0 Å². The molecule has 0 spiro atoms. The van der Waals surface area contributed by atoms with Crippen LogP contribution in [0.5, 0.6) is 0 Å². The second-order valence-electron chi connectivity index (χ2n) is 8.23. The van der Waals surface area contributed by atoms with Crippen molar-refractivity contribution < 1.29 is 19.4 Å². The Morgan fingerprint density at radius 2 is 1.90 bits per heavy atom. The second-order valence-corrected chi connectivity index (χ2v) is 8.23. The zero-order valence-electron chi connectivity index (χ0n) is 18.1. The van der Waals surface area contributed by atoms with Crippen molar-refractivity contribution in [3.05, 3.63) is 53.7 Å². The monoisotopic (exact) mass is 428 g/mol. The van der Waals surface area contributed by atoms with Crippen molar-refractivity contribution in [2.45, 2.75) is 57.6 Å². The predicted molar refractivity (Wildman–Crippen MR) is 117 cm³/mol. The van der Waals surface area contributed by atoms with Crippen molar-refractivity contribution in [3.8, 4) is 0 Å². The summed E-state index contributed by atoms with van der Waals surface area (Å²) in [7, 11) is 1.00. The highest BCUT2D eigenvalue weighted by atomic mass is 19.1. The van der Waals surface area contributed by atoms with E-state index in [0.29, 0.717) is 17.3 Å². The van der Waals surface area contributed by atoms with Gasteiger partial charge in [0.25, 0.3) is 5.91 Å². The van der Waals surface area contributed by atoms with E-state index in [2.05, 4.69) is 10.3 Å². The first-order chi connectivity index (χ1) is 14.8. The minimum Gasteiger partial charge on any atom is -0.400 e. The SMILES string of the molecule is CC(C)(O)c1cc2nn(C3CCCCC3)cc2cc1NC(=O)c1ccc(F)cn1.CO. The lowest BCUT2D eigenvalue weighted by Gasteiger charge is -2.22. The first-order valence-corrected chi connectivity index (χ1v) is 10.4. The Hall–Kier alpha value is -2.84. The molecule has 2 aromatic heterocycles. The summed E-state index contributed by atoms with van der Waals surface area (Å²) >= 11 is 0. The average Bonchev–Trinajstić information content (AvgIpc) is 3.18. The van der Waals surface area contributed by atoms with E-state index in [-0.39, 0.29) is 5.69 Å². The van der Waals surface area contributed by atoms with E-state index in [1.165, 1.54) is 31.4 Å². The lowest BCUT2D eigenvalue weighted by Crippen LogP contribution is -2.21. The van der Waals surface area contributed by atoms with Crippen molar-refractivity contribution in [2.24, 2.45) is 0 Å². The Morgan fingerprint density at radius 3 is 2.52 bits per heavy atom. The second kappa shape index (κ2) is 9.53. The first-order valence-electron chi connectivity index (χ1n) is 10.4. The number of aliphatic hydroxyl groups is 2. The van der Waals surface area contributed by atoms with Crippen molar-refractivity contribution >= 4 is 22.5 Å². The van der Waals surface area contributed by atoms with Crippen LogP contribution in [0.2, 0.25) is 0 Å². The Labute approximate surface area is 180 Å². The zero-order valence-corrected chi connectivity index (χ0v) is 18.1. The molecule has 4 rings (SSSR count). The molecule has 1 amide bonds. The fourth-order valence-electron chi connectivity index (χ4n) is 3.93. The first kappa shape index (κ1) is 22.8. The zero-order chi connectivity index (χ0) is 22.6. The number of pyridine rings is 1. The maximum atomic E-state index is 13.1. The summed E-state index contributed by atoms with van der Waals surface area (Å²) in [6.45, 7) is 3.33. The number of aliphatic hydroxyl groups excluding tert-OH is 1. The predicted octanol–water partition coefficient (Wildman–Crippen LogP) is 4.16. The molecule has 1 aliphatic carbocycles. The number of hydrogen-bond donors (Lipinski definition) is 3. The van der Waals surface area contributed by atoms with Crippen LogP contribution in [0.1, 0.15) is 68.0 Å². The summed E-state index contributed by atoms with van der Waals surface area (Å²) in [5.74, 6) is -0.968. The van der Waals surface area contributed by atoms with E-state index >= 15 is 0 Å². The standard InChI is InChI=1S/C22H25FN4O2.CH4O/c1-22(2,29)17-11-19-14(13-27(26-19)16-6-4-3-5-7-16)10-20(17)25-21(28)18-9-8-15(23)12-24-18;1-2/h8-13,16,29H,3-7H2,1-2H3,(H,25,28);2H,1H3. The lowest BCUT2D eigenvalue weighted by molar-refractivity contribution is 0.0793. The molecule has 2 heterocycles. The number of nitrogens with zero attached hydrogens (tertiary/aromatic N) is 3. The Morgan fingerprint density at radius 1 is 1.19 bits per heavy atom. The maximum absolute atomic E-state index is 13.1. The minimum atomic E-state index is -1.18. The van der Waals surface area contributed by atoms with Gasteiger partial charge in [-0.1, -0.05) is 19.3 Å². The maximum Gasteiger partial charge on any atom is 0.274 e. The smallest absolute Gasteiger partial charge is 0.274 e. The van der Waals surface area contributed by atoms with E-state index in [9.17, 15) is 14.3 Å². The van der Waals surface area contributed by atoms with Crippen molar-refractivity contribution in [1.82, 2.24) is 14.8 Å². The molecule has 0 bridgehead atoms. The van der Waals surface area contributed by atoms with E-state index < -0.39 is 17.3 Å². The third kappa shape index (κ3) is 5.26. The van der Waals surface area contributed by atoms with Crippen LogP contribution in [-0.2, 0) is 5.60 Å². The van der Waals surface area contributed by atoms with Gasteiger partial charge in [-0.2, -0.15) is 5.10 Å². The highest BCUT2D eigenvalue weighted by Gasteiger charge is 2.24. The third-order valence-corrected chi connectivity index (χ3v) is 5.48. The summed E-state index contributed by atoms with van der Waals surface area (Å²) in [5, 5.41) is 26.1. The van der Waals surface area contributed by atoms with Gasteiger partial charge < -0.3 is 15.5 Å². The molecular weight excluding hydrogens is 399 g/mol. The minimum absolute atomic E-state index is 0.103. The Bertz CT molecular complexity index is 1040. The molecular formula is C23H29FN4O3. The van der Waals surface area contributed by atoms with Crippen LogP contribution in [0.3, 0.4) is 0 Å². The fraction of sp³-hybridized carbons (Fsp3) is 0.435. The van der Waals surface area contributed by atoms with Gasteiger partial charge in [-0.05, 0) is 51.0 Å². The van der Waals surface area contributed by atoms with E-state index in [1.54, 1.807) is 13.8 Å². The van der Waals surface area contributed by atoms with E-state index in [0.717, 1.165) is 37.1 Å². The van der Waals surface area contributed by atoms with Crippen molar-refractivity contribution in [2.75, 3.05) is 12.4 Å². The topological polar surface area (TPSA) is 100 Å². The quantitative estimate of drug-likeness (QED) is 0.579. The molecule has 0 aliphatic heterocycles. The number of aromatic nitrogens is 3. The fourth-order valence-corrected chi connectivity index (χ4v) is 3.93. The van der Waals surface area contributed by atoms with Crippen LogP contribution >= 0.6 is 0 Å². The number of nitrogens with one attached hydrogen (secondary N) is 1. The Kier molecular flexibility index (Phi) is 7.02. The van der Waals surface area contributed by atoms with Crippen LogP contribution in [0.15, 0.2) is 36.7 Å². The number of rotatable bonds is 4. The molecule has 3 N–H and O–H groups in total. The molecule has 0 atom stereocenters. The van der Waals surface area contributed by atoms with Crippen LogP contribution in [0.4, 0.5) is 10.1 Å². The number of carbonyl (C=O) groups is 1. The molecule has 0 radical (unpaired) electrons. The van der Waals surface area contributed by atoms with E-state index in [4.69, 9.17) is 10.2 Å². The van der Waals surface area contributed by atoms with Gasteiger partial charge in [0.1, 0.15) is 11.5 Å². The summed E-state index contributed by atoms with van der Waals surface area (Å²) in [4.78, 5) is 16.4. The normalized spacial score (nSPS) is 14.8. The third-order valence-electron chi connectivity index (χ3n) is 5.48. The molecule has 1 aliphatic rings. The van der Waals surface area contributed by atoms with Gasteiger partial charge in [-0.25, -0.2) is 9.37 Å². The van der Waals surface area contributed by atoms with Crippen molar-refractivity contribution in [3.63, 3.8) is 0 Å². The highest BCUT2D eigenvalue weighted by molar-refractivity contribution is 6.04. The van der Waals surface area contributed by atoms with Gasteiger partial charge >= 0.3 is 0 Å². The number of halogens is 1. The summed E-state index contributed by atoms with van der Waals surface area (Å²) in [6, 6.07) is 6.56. The molecule has 1 saturated carbocycles. The molecule has 31 heavy (non-hydrogen) atoms. The molecule has 7 nitrogen and oxygen atoms in total. The summed E-state index contributed by atoms with van der Waals surface area (Å²) in [5.41, 5.74) is 0.761. The van der Waals surface area contributed by atoms with Crippen LogP contribution in [-0.4, -0.2) is 38.0 Å². The van der Waals surface area contributed by atoms with Gasteiger partial charge in [0.15, 0.2) is 0 Å². The number of benzene rings is 1. The van der Waals surface area contributed by atoms with Gasteiger partial charge in [-0.15, -0.1) is 0 Å². The highest BCUT2D eigenvalue weighted by Crippen LogP contribution is 2.34. The van der Waals surface area contributed by atoms with Gasteiger partial charge in [-0.3, -0.25) is 9.48 Å². The number of anilines is 1. The molecule has 0 saturated heterocycles. The molecule has 166 valence electrons. The molecule has 3 aromatic rings. The van der Waals surface area contributed by atoms with Gasteiger partial charge in [0.05, 0.1) is 23.4 Å². The number of amides is 1. The lowest BCUT2D eigenvalue weighted by atomic mass is 9.95. The Balaban J connectivity index is 0.00000132. The summed E-state index contributed by atoms with van der Waals surface area (Å²) < 4.78 is 15.1. The van der Waals surface area contributed by atoms with Gasteiger partial charge in [0, 0.05) is 29.9 Å². The van der Waals surface area contributed by atoms with Crippen LogP contribution in [0.25, 0.3) is 10.9 Å². The van der Waals surface area contributed by atoms with Crippen LogP contribution in [0, 0.1) is 5.82 Å². The molecule has 1 aromatic carbocycles. The van der Waals surface area contributed by atoms with Crippen LogP contribution < -0.4 is 5.32 Å². The number of carbonyl (C=O) groups excluding carboxylic acids is 1. The molecule has 8 heteroatoms. The number of fused-ring (bicyclic) bond motifs is 1. The average molecular weight is 429 g/mol. The summed E-state index contributed by atoms with van der Waals surface area (Å²) in [6.07, 6.45) is 8.93.